The monoisotopic (exact) mass is 287 g/mol. The molecule has 1 aromatic carbocycles. The van der Waals surface area contributed by atoms with Crippen molar-refractivity contribution < 1.29 is 9.15 Å². The lowest BCUT2D eigenvalue weighted by Gasteiger charge is -2.14. The molecule has 0 aliphatic heterocycles. The van der Waals surface area contributed by atoms with Crippen molar-refractivity contribution in [3.05, 3.63) is 52.5 Å². The molecular formula is C18H25NO2. The van der Waals surface area contributed by atoms with Crippen LogP contribution in [0.4, 0.5) is 0 Å². The molecule has 0 saturated carbocycles. The normalized spacial score (nSPS) is 11.1. The van der Waals surface area contributed by atoms with Gasteiger partial charge in [0.2, 0.25) is 0 Å². The van der Waals surface area contributed by atoms with E-state index in [1.807, 2.05) is 7.05 Å². The Bertz CT molecular complexity index is 599. The summed E-state index contributed by atoms with van der Waals surface area (Å²) in [5.41, 5.74) is 3.61. The van der Waals surface area contributed by atoms with E-state index in [1.54, 1.807) is 0 Å². The van der Waals surface area contributed by atoms with Crippen LogP contribution < -0.4 is 10.1 Å². The zero-order chi connectivity index (χ0) is 15.4. The van der Waals surface area contributed by atoms with Gasteiger partial charge in [-0.05, 0) is 55.6 Å². The maximum absolute atomic E-state index is 6.00. The highest BCUT2D eigenvalue weighted by Crippen LogP contribution is 2.28. The van der Waals surface area contributed by atoms with Gasteiger partial charge in [0.05, 0.1) is 6.54 Å². The van der Waals surface area contributed by atoms with Crippen molar-refractivity contribution in [2.75, 3.05) is 7.05 Å². The molecule has 0 radical (unpaired) electrons. The summed E-state index contributed by atoms with van der Waals surface area (Å²) >= 11 is 0. The van der Waals surface area contributed by atoms with Crippen LogP contribution in [0.5, 0.6) is 5.75 Å². The van der Waals surface area contributed by atoms with Crippen molar-refractivity contribution in [3.8, 4) is 5.75 Å². The van der Waals surface area contributed by atoms with Gasteiger partial charge in [0.15, 0.2) is 0 Å². The van der Waals surface area contributed by atoms with Crippen LogP contribution in [0.25, 0.3) is 0 Å². The molecule has 0 aliphatic rings. The topological polar surface area (TPSA) is 34.4 Å². The van der Waals surface area contributed by atoms with Crippen LogP contribution in [0.15, 0.2) is 28.7 Å². The van der Waals surface area contributed by atoms with E-state index in [4.69, 9.17) is 9.15 Å². The number of nitrogens with one attached hydrogen (secondary N) is 1. The Balaban J connectivity index is 2.12. The van der Waals surface area contributed by atoms with E-state index in [9.17, 15) is 0 Å². The number of ether oxygens (including phenoxy) is 1. The summed E-state index contributed by atoms with van der Waals surface area (Å²) in [6.45, 7) is 9.71. The van der Waals surface area contributed by atoms with Crippen LogP contribution >= 0.6 is 0 Å². The predicted molar refractivity (Wildman–Crippen MR) is 85.8 cm³/mol. The molecule has 0 atom stereocenters. The van der Waals surface area contributed by atoms with E-state index >= 15 is 0 Å². The van der Waals surface area contributed by atoms with Crippen LogP contribution in [0, 0.1) is 13.8 Å². The Morgan fingerprint density at radius 3 is 2.62 bits per heavy atom. The van der Waals surface area contributed by atoms with Crippen molar-refractivity contribution in [3.63, 3.8) is 0 Å². The van der Waals surface area contributed by atoms with E-state index in [2.05, 4.69) is 57.3 Å². The fourth-order valence-electron chi connectivity index (χ4n) is 2.39. The third kappa shape index (κ3) is 3.88. The number of furan rings is 1. The van der Waals surface area contributed by atoms with Gasteiger partial charge in [-0.15, -0.1) is 0 Å². The molecule has 114 valence electrons. The number of aryl methyl sites for hydroxylation is 2. The second-order valence-electron chi connectivity index (χ2n) is 5.83. The number of benzene rings is 1. The molecule has 0 unspecified atom stereocenters. The molecule has 2 aromatic rings. The van der Waals surface area contributed by atoms with Gasteiger partial charge in [-0.3, -0.25) is 0 Å². The smallest absolute Gasteiger partial charge is 0.146 e. The molecule has 2 rings (SSSR count). The van der Waals surface area contributed by atoms with Gasteiger partial charge in [0.25, 0.3) is 0 Å². The Morgan fingerprint density at radius 1 is 1.19 bits per heavy atom. The largest absolute Gasteiger partial charge is 0.485 e. The number of rotatable bonds is 6. The number of hydrogen-bond acceptors (Lipinski definition) is 3. The summed E-state index contributed by atoms with van der Waals surface area (Å²) in [5.74, 6) is 3.24. The Hall–Kier alpha value is -1.74. The molecule has 0 bridgehead atoms. The standard InChI is InChI=1S/C18H25NO2/c1-12(2)16-7-6-13(3)8-17(16)20-11-15-9-14(4)18(21-15)10-19-5/h6-9,12,19H,10-11H2,1-5H3. The molecule has 0 aliphatic carbocycles. The zero-order valence-corrected chi connectivity index (χ0v) is 13.6. The minimum absolute atomic E-state index is 0.443. The zero-order valence-electron chi connectivity index (χ0n) is 13.6. The van der Waals surface area contributed by atoms with Gasteiger partial charge in [0, 0.05) is 0 Å². The Morgan fingerprint density at radius 2 is 1.95 bits per heavy atom. The minimum Gasteiger partial charge on any atom is -0.485 e. The fourth-order valence-corrected chi connectivity index (χ4v) is 2.39. The second kappa shape index (κ2) is 6.81. The van der Waals surface area contributed by atoms with Crippen molar-refractivity contribution in [1.29, 1.82) is 0 Å². The maximum atomic E-state index is 6.00. The molecule has 0 fully saturated rings. The van der Waals surface area contributed by atoms with Gasteiger partial charge >= 0.3 is 0 Å². The van der Waals surface area contributed by atoms with E-state index in [0.717, 1.165) is 29.4 Å². The predicted octanol–water partition coefficient (Wildman–Crippen LogP) is 4.32. The third-order valence-corrected chi connectivity index (χ3v) is 3.57. The maximum Gasteiger partial charge on any atom is 0.146 e. The van der Waals surface area contributed by atoms with Crippen molar-refractivity contribution in [2.24, 2.45) is 0 Å². The molecule has 0 saturated heterocycles. The van der Waals surface area contributed by atoms with Crippen LogP contribution in [0.2, 0.25) is 0 Å². The second-order valence-corrected chi connectivity index (χ2v) is 5.83. The average molecular weight is 287 g/mol. The van der Waals surface area contributed by atoms with E-state index < -0.39 is 0 Å². The van der Waals surface area contributed by atoms with E-state index in [0.29, 0.717) is 12.5 Å². The van der Waals surface area contributed by atoms with Crippen molar-refractivity contribution in [2.45, 2.75) is 46.8 Å². The molecule has 21 heavy (non-hydrogen) atoms. The van der Waals surface area contributed by atoms with Gasteiger partial charge in [0.1, 0.15) is 23.9 Å². The first-order valence-electron chi connectivity index (χ1n) is 7.47. The Kier molecular flexibility index (Phi) is 5.07. The summed E-state index contributed by atoms with van der Waals surface area (Å²) in [7, 11) is 1.92. The van der Waals surface area contributed by atoms with Gasteiger partial charge in [-0.2, -0.15) is 0 Å². The van der Waals surface area contributed by atoms with Crippen molar-refractivity contribution in [1.82, 2.24) is 5.32 Å². The summed E-state index contributed by atoms with van der Waals surface area (Å²) in [6.07, 6.45) is 0. The number of hydrogen-bond donors (Lipinski definition) is 1. The fraction of sp³-hybridized carbons (Fsp3) is 0.444. The van der Waals surface area contributed by atoms with Gasteiger partial charge < -0.3 is 14.5 Å². The quantitative estimate of drug-likeness (QED) is 0.859. The van der Waals surface area contributed by atoms with Crippen LogP contribution in [-0.4, -0.2) is 7.05 Å². The SMILES string of the molecule is CNCc1oc(COc2cc(C)ccc2C(C)C)cc1C. The molecule has 3 nitrogen and oxygen atoms in total. The highest BCUT2D eigenvalue weighted by Gasteiger charge is 2.11. The molecule has 3 heteroatoms. The molecule has 1 N–H and O–H groups in total. The first-order chi connectivity index (χ1) is 10.0. The van der Waals surface area contributed by atoms with Crippen molar-refractivity contribution >= 4 is 0 Å². The van der Waals surface area contributed by atoms with Gasteiger partial charge in [-0.1, -0.05) is 26.0 Å². The first-order valence-corrected chi connectivity index (χ1v) is 7.47. The van der Waals surface area contributed by atoms with Crippen LogP contribution in [0.3, 0.4) is 0 Å². The lowest BCUT2D eigenvalue weighted by atomic mass is 10.0. The van der Waals surface area contributed by atoms with Gasteiger partial charge in [-0.25, -0.2) is 0 Å². The lowest BCUT2D eigenvalue weighted by molar-refractivity contribution is 0.262. The summed E-state index contributed by atoms with van der Waals surface area (Å²) < 4.78 is 11.8. The van der Waals surface area contributed by atoms with Crippen LogP contribution in [-0.2, 0) is 13.2 Å². The molecule has 0 spiro atoms. The average Bonchev–Trinajstić information content (AvgIpc) is 2.77. The lowest BCUT2D eigenvalue weighted by Crippen LogP contribution is -2.04. The molecule has 1 heterocycles. The van der Waals surface area contributed by atoms with E-state index in [1.165, 1.54) is 11.1 Å². The summed E-state index contributed by atoms with van der Waals surface area (Å²) in [5, 5.41) is 3.11. The summed E-state index contributed by atoms with van der Waals surface area (Å²) in [4.78, 5) is 0. The molecule has 1 aromatic heterocycles. The first kappa shape index (κ1) is 15.6. The van der Waals surface area contributed by atoms with E-state index in [-0.39, 0.29) is 0 Å². The molecule has 0 amide bonds. The highest BCUT2D eigenvalue weighted by molar-refractivity contribution is 5.39. The molecular weight excluding hydrogens is 262 g/mol. The van der Waals surface area contributed by atoms with Crippen LogP contribution in [0.1, 0.15) is 48.0 Å². The third-order valence-electron chi connectivity index (χ3n) is 3.57. The highest BCUT2D eigenvalue weighted by atomic mass is 16.5. The minimum atomic E-state index is 0.443. The summed E-state index contributed by atoms with van der Waals surface area (Å²) in [6, 6.07) is 8.43. The Labute approximate surface area is 127 Å².